The van der Waals surface area contributed by atoms with E-state index in [1.807, 2.05) is 30.3 Å². The summed E-state index contributed by atoms with van der Waals surface area (Å²) in [5, 5.41) is 11.6. The summed E-state index contributed by atoms with van der Waals surface area (Å²) < 4.78 is 5.09. The number of ether oxygens (including phenoxy) is 1. The second-order valence-corrected chi connectivity index (χ2v) is 4.42. The van der Waals surface area contributed by atoms with E-state index in [0.717, 1.165) is 18.4 Å². The average Bonchev–Trinajstić information content (AvgIpc) is 2.32. The Morgan fingerprint density at radius 1 is 1.35 bits per heavy atom. The number of carbonyl (C=O) groups excluding carboxylic acids is 1. The Balaban J connectivity index is 1.65. The van der Waals surface area contributed by atoms with Crippen LogP contribution in [-0.2, 0) is 11.3 Å². The summed E-state index contributed by atoms with van der Waals surface area (Å²) in [6, 6.07) is 9.74. The standard InChI is InChI=1S/C13H17NO3/c15-8-11-6-12(7-11)14-13(16)17-9-10-4-2-1-3-5-10/h1-5,11-12,15H,6-9H2,(H,14,16). The molecule has 4 nitrogen and oxygen atoms in total. The van der Waals surface area contributed by atoms with E-state index in [4.69, 9.17) is 9.84 Å². The van der Waals surface area contributed by atoms with Gasteiger partial charge in [-0.1, -0.05) is 30.3 Å². The first-order chi connectivity index (χ1) is 8.28. The SMILES string of the molecule is O=C(NC1CC(CO)C1)OCc1ccccc1. The first kappa shape index (κ1) is 11.9. The third kappa shape index (κ3) is 3.46. The van der Waals surface area contributed by atoms with Crippen LogP contribution in [0.2, 0.25) is 0 Å². The topological polar surface area (TPSA) is 58.6 Å². The van der Waals surface area contributed by atoms with Gasteiger partial charge < -0.3 is 15.2 Å². The van der Waals surface area contributed by atoms with Gasteiger partial charge in [0.2, 0.25) is 0 Å². The first-order valence-electron chi connectivity index (χ1n) is 5.86. The maximum Gasteiger partial charge on any atom is 0.407 e. The minimum Gasteiger partial charge on any atom is -0.445 e. The minimum atomic E-state index is -0.379. The summed E-state index contributed by atoms with van der Waals surface area (Å²) in [7, 11) is 0. The van der Waals surface area contributed by atoms with E-state index in [9.17, 15) is 4.79 Å². The fourth-order valence-electron chi connectivity index (χ4n) is 1.93. The van der Waals surface area contributed by atoms with Crippen molar-refractivity contribution in [2.45, 2.75) is 25.5 Å². The number of amides is 1. The van der Waals surface area contributed by atoms with Crippen LogP contribution in [0.1, 0.15) is 18.4 Å². The molecule has 0 bridgehead atoms. The molecular formula is C13H17NO3. The number of aliphatic hydroxyl groups excluding tert-OH is 1. The molecule has 4 heteroatoms. The highest BCUT2D eigenvalue weighted by Crippen LogP contribution is 2.26. The summed E-state index contributed by atoms with van der Waals surface area (Å²) >= 11 is 0. The third-order valence-electron chi connectivity index (χ3n) is 3.03. The molecule has 17 heavy (non-hydrogen) atoms. The third-order valence-corrected chi connectivity index (χ3v) is 3.03. The molecule has 2 N–H and O–H groups in total. The molecular weight excluding hydrogens is 218 g/mol. The maximum atomic E-state index is 11.4. The monoisotopic (exact) mass is 235 g/mol. The Kier molecular flexibility index (Phi) is 3.98. The van der Waals surface area contributed by atoms with E-state index in [0.29, 0.717) is 12.5 Å². The van der Waals surface area contributed by atoms with E-state index in [-0.39, 0.29) is 18.7 Å². The molecule has 0 spiro atoms. The van der Waals surface area contributed by atoms with Gasteiger partial charge in [-0.15, -0.1) is 0 Å². The average molecular weight is 235 g/mol. The summed E-state index contributed by atoms with van der Waals surface area (Å²) in [6.45, 7) is 0.500. The van der Waals surface area contributed by atoms with Crippen LogP contribution in [0.3, 0.4) is 0 Å². The van der Waals surface area contributed by atoms with E-state index in [1.165, 1.54) is 0 Å². The fraction of sp³-hybridized carbons (Fsp3) is 0.462. The number of benzene rings is 1. The van der Waals surface area contributed by atoms with Crippen LogP contribution in [0.15, 0.2) is 30.3 Å². The maximum absolute atomic E-state index is 11.4. The molecule has 1 aliphatic carbocycles. The van der Waals surface area contributed by atoms with Crippen molar-refractivity contribution < 1.29 is 14.6 Å². The van der Waals surface area contributed by atoms with Gasteiger partial charge in [0.25, 0.3) is 0 Å². The van der Waals surface area contributed by atoms with Gasteiger partial charge in [0.15, 0.2) is 0 Å². The molecule has 0 aliphatic heterocycles. The van der Waals surface area contributed by atoms with Crippen molar-refractivity contribution in [2.75, 3.05) is 6.61 Å². The molecule has 1 saturated carbocycles. The van der Waals surface area contributed by atoms with Crippen LogP contribution in [0.25, 0.3) is 0 Å². The predicted molar refractivity (Wildman–Crippen MR) is 63.4 cm³/mol. The minimum absolute atomic E-state index is 0.162. The molecule has 1 aromatic carbocycles. The lowest BCUT2D eigenvalue weighted by molar-refractivity contribution is 0.101. The van der Waals surface area contributed by atoms with E-state index < -0.39 is 0 Å². The van der Waals surface area contributed by atoms with Crippen LogP contribution in [0.4, 0.5) is 4.79 Å². The van der Waals surface area contributed by atoms with Crippen molar-refractivity contribution in [3.8, 4) is 0 Å². The molecule has 92 valence electrons. The Hall–Kier alpha value is -1.55. The highest BCUT2D eigenvalue weighted by Gasteiger charge is 2.29. The molecule has 1 aliphatic rings. The van der Waals surface area contributed by atoms with Gasteiger partial charge in [0.1, 0.15) is 6.61 Å². The molecule has 2 rings (SSSR count). The van der Waals surface area contributed by atoms with Gasteiger partial charge in [0, 0.05) is 12.6 Å². The van der Waals surface area contributed by atoms with Crippen molar-refractivity contribution in [1.29, 1.82) is 0 Å². The highest BCUT2D eigenvalue weighted by atomic mass is 16.5. The Labute approximate surface area is 101 Å². The number of hydrogen-bond donors (Lipinski definition) is 2. The zero-order chi connectivity index (χ0) is 12.1. The van der Waals surface area contributed by atoms with Crippen molar-refractivity contribution >= 4 is 6.09 Å². The highest BCUT2D eigenvalue weighted by molar-refractivity contribution is 5.67. The lowest BCUT2D eigenvalue weighted by Gasteiger charge is -2.34. The molecule has 0 atom stereocenters. The molecule has 0 aromatic heterocycles. The molecule has 1 fully saturated rings. The van der Waals surface area contributed by atoms with E-state index >= 15 is 0 Å². The van der Waals surface area contributed by atoms with Crippen molar-refractivity contribution in [3.63, 3.8) is 0 Å². The molecule has 1 aromatic rings. The Bertz CT molecular complexity index is 360. The normalized spacial score (nSPS) is 22.6. The second-order valence-electron chi connectivity index (χ2n) is 4.42. The second kappa shape index (κ2) is 5.68. The largest absolute Gasteiger partial charge is 0.445 e. The van der Waals surface area contributed by atoms with Crippen LogP contribution < -0.4 is 5.32 Å². The number of hydrogen-bond acceptors (Lipinski definition) is 3. The number of carbonyl (C=O) groups is 1. The van der Waals surface area contributed by atoms with Gasteiger partial charge in [-0.2, -0.15) is 0 Å². The van der Waals surface area contributed by atoms with Gasteiger partial charge >= 0.3 is 6.09 Å². The zero-order valence-electron chi connectivity index (χ0n) is 9.63. The molecule has 0 saturated heterocycles. The predicted octanol–water partition coefficient (Wildman–Crippen LogP) is 1.68. The molecule has 1 amide bonds. The Morgan fingerprint density at radius 2 is 2.06 bits per heavy atom. The quantitative estimate of drug-likeness (QED) is 0.834. The van der Waals surface area contributed by atoms with Crippen LogP contribution in [0.5, 0.6) is 0 Å². The van der Waals surface area contributed by atoms with Gasteiger partial charge in [-0.3, -0.25) is 0 Å². The number of rotatable bonds is 4. The van der Waals surface area contributed by atoms with Crippen molar-refractivity contribution in [3.05, 3.63) is 35.9 Å². The van der Waals surface area contributed by atoms with Crippen LogP contribution >= 0.6 is 0 Å². The summed E-state index contributed by atoms with van der Waals surface area (Å²) in [5.41, 5.74) is 0.976. The van der Waals surface area contributed by atoms with E-state index in [1.54, 1.807) is 0 Å². The molecule has 0 radical (unpaired) electrons. The molecule has 0 heterocycles. The fourth-order valence-corrected chi connectivity index (χ4v) is 1.93. The lowest BCUT2D eigenvalue weighted by Crippen LogP contribution is -2.45. The smallest absolute Gasteiger partial charge is 0.407 e. The van der Waals surface area contributed by atoms with Crippen LogP contribution in [0, 0.1) is 5.92 Å². The van der Waals surface area contributed by atoms with Crippen molar-refractivity contribution in [2.24, 2.45) is 5.92 Å². The van der Waals surface area contributed by atoms with Gasteiger partial charge in [0.05, 0.1) is 0 Å². The van der Waals surface area contributed by atoms with Crippen LogP contribution in [-0.4, -0.2) is 23.8 Å². The molecule has 0 unspecified atom stereocenters. The van der Waals surface area contributed by atoms with Gasteiger partial charge in [-0.05, 0) is 24.3 Å². The number of aliphatic hydroxyl groups is 1. The Morgan fingerprint density at radius 3 is 2.71 bits per heavy atom. The van der Waals surface area contributed by atoms with E-state index in [2.05, 4.69) is 5.32 Å². The van der Waals surface area contributed by atoms with Crippen molar-refractivity contribution in [1.82, 2.24) is 5.32 Å². The summed E-state index contributed by atoms with van der Waals surface area (Å²) in [6.07, 6.45) is 1.31. The lowest BCUT2D eigenvalue weighted by atomic mass is 9.81. The summed E-state index contributed by atoms with van der Waals surface area (Å²) in [5.74, 6) is 0.342. The van der Waals surface area contributed by atoms with Gasteiger partial charge in [-0.25, -0.2) is 4.79 Å². The first-order valence-corrected chi connectivity index (χ1v) is 5.86. The summed E-state index contributed by atoms with van der Waals surface area (Å²) in [4.78, 5) is 11.4. The zero-order valence-corrected chi connectivity index (χ0v) is 9.63. The number of nitrogens with one attached hydrogen (secondary N) is 1. The number of alkyl carbamates (subject to hydrolysis) is 1.